The normalized spacial score (nSPS) is 10.6. The summed E-state index contributed by atoms with van der Waals surface area (Å²) in [6, 6.07) is 9.46. The molecule has 2 heterocycles. The van der Waals surface area contributed by atoms with Crippen molar-refractivity contribution in [2.75, 3.05) is 14.2 Å². The Bertz CT molecular complexity index is 871. The van der Waals surface area contributed by atoms with E-state index in [0.717, 1.165) is 22.2 Å². The van der Waals surface area contributed by atoms with Gasteiger partial charge in [0.15, 0.2) is 0 Å². The van der Waals surface area contributed by atoms with Crippen LogP contribution in [0.1, 0.15) is 12.6 Å². The lowest BCUT2D eigenvalue weighted by molar-refractivity contribution is -0.119. The van der Waals surface area contributed by atoms with Gasteiger partial charge in [0.2, 0.25) is 11.8 Å². The van der Waals surface area contributed by atoms with E-state index in [2.05, 4.69) is 20.5 Å². The molecule has 2 N–H and O–H groups in total. The van der Waals surface area contributed by atoms with Gasteiger partial charge in [-0.1, -0.05) is 0 Å². The molecule has 2 aromatic heterocycles. The summed E-state index contributed by atoms with van der Waals surface area (Å²) in [7, 11) is 3.17. The number of methoxy groups -OCH3 is 2. The van der Waals surface area contributed by atoms with E-state index in [-0.39, 0.29) is 5.91 Å². The molecule has 0 bridgehead atoms. The number of nitrogens with zero attached hydrogens (tertiary/aromatic N) is 2. The third kappa shape index (κ3) is 3.15. The number of hydrogen-bond donors (Lipinski definition) is 2. The molecule has 1 aromatic carbocycles. The summed E-state index contributed by atoms with van der Waals surface area (Å²) in [6.45, 7) is 1.94. The van der Waals surface area contributed by atoms with Gasteiger partial charge in [0.05, 0.1) is 26.5 Å². The lowest BCUT2D eigenvalue weighted by atomic mass is 10.1. The molecule has 0 fully saturated rings. The first-order valence-electron chi connectivity index (χ1n) is 7.43. The smallest absolute Gasteiger partial charge is 0.233 e. The Labute approximate surface area is 139 Å². The first kappa shape index (κ1) is 15.8. The van der Waals surface area contributed by atoms with Crippen molar-refractivity contribution < 1.29 is 14.3 Å². The van der Waals surface area contributed by atoms with Gasteiger partial charge in [0, 0.05) is 35.2 Å². The number of benzene rings is 1. The number of hydrogen-bond acceptors (Lipinski definition) is 5. The molecule has 24 heavy (non-hydrogen) atoms. The summed E-state index contributed by atoms with van der Waals surface area (Å²) in [5, 5.41) is 11.9. The minimum atomic E-state index is -0.0690. The maximum absolute atomic E-state index is 11.1. The summed E-state index contributed by atoms with van der Waals surface area (Å²) < 4.78 is 10.5. The highest BCUT2D eigenvalue weighted by Gasteiger charge is 2.12. The van der Waals surface area contributed by atoms with Gasteiger partial charge >= 0.3 is 0 Å². The van der Waals surface area contributed by atoms with Crippen molar-refractivity contribution in [2.45, 2.75) is 13.5 Å². The molecule has 3 aromatic rings. The first-order valence-corrected chi connectivity index (χ1v) is 7.43. The fourth-order valence-electron chi connectivity index (χ4n) is 2.48. The number of nitrogens with one attached hydrogen (secondary N) is 2. The number of aromatic amines is 1. The van der Waals surface area contributed by atoms with E-state index in [0.29, 0.717) is 23.9 Å². The molecule has 124 valence electrons. The van der Waals surface area contributed by atoms with Crippen LogP contribution in [0.2, 0.25) is 0 Å². The Morgan fingerprint density at radius 2 is 2.00 bits per heavy atom. The standard InChI is InChI=1S/C17H18N4O3/c1-10(22)18-9-12-6-11-7-16(23-2)13(8-15(11)19-12)14-4-5-17(24-3)21-20-14/h4-8,19H,9H2,1-3H3,(H,18,22). The van der Waals surface area contributed by atoms with Crippen LogP contribution >= 0.6 is 0 Å². The molecule has 0 unspecified atom stereocenters. The Morgan fingerprint density at radius 3 is 2.62 bits per heavy atom. The number of H-pyrrole nitrogens is 1. The van der Waals surface area contributed by atoms with Crippen LogP contribution in [0.3, 0.4) is 0 Å². The lowest BCUT2D eigenvalue weighted by Crippen LogP contribution is -2.18. The van der Waals surface area contributed by atoms with Gasteiger partial charge < -0.3 is 19.8 Å². The van der Waals surface area contributed by atoms with Crippen LogP contribution in [-0.4, -0.2) is 35.3 Å². The highest BCUT2D eigenvalue weighted by atomic mass is 16.5. The molecule has 0 spiro atoms. The second-order valence-corrected chi connectivity index (χ2v) is 5.30. The zero-order valence-corrected chi connectivity index (χ0v) is 13.7. The Kier molecular flexibility index (Phi) is 4.33. The maximum Gasteiger partial charge on any atom is 0.233 e. The Balaban J connectivity index is 2.01. The van der Waals surface area contributed by atoms with Crippen LogP contribution in [0.25, 0.3) is 22.2 Å². The molecule has 0 atom stereocenters. The minimum absolute atomic E-state index is 0.0690. The van der Waals surface area contributed by atoms with Crippen molar-refractivity contribution in [3.05, 3.63) is 36.0 Å². The summed E-state index contributed by atoms with van der Waals surface area (Å²) in [6.07, 6.45) is 0. The predicted molar refractivity (Wildman–Crippen MR) is 89.9 cm³/mol. The zero-order chi connectivity index (χ0) is 17.1. The molecule has 0 radical (unpaired) electrons. The highest BCUT2D eigenvalue weighted by molar-refractivity contribution is 5.88. The molecule has 1 amide bonds. The number of amides is 1. The summed E-state index contributed by atoms with van der Waals surface area (Å²) in [5.74, 6) is 1.09. The Hall–Kier alpha value is -3.09. The minimum Gasteiger partial charge on any atom is -0.496 e. The maximum atomic E-state index is 11.1. The number of rotatable bonds is 5. The third-order valence-corrected chi connectivity index (χ3v) is 3.65. The molecule has 0 aliphatic heterocycles. The number of carbonyl (C=O) groups is 1. The summed E-state index contributed by atoms with van der Waals surface area (Å²) in [4.78, 5) is 14.3. The van der Waals surface area contributed by atoms with E-state index in [1.807, 2.05) is 24.3 Å². The highest BCUT2D eigenvalue weighted by Crippen LogP contribution is 2.33. The van der Waals surface area contributed by atoms with E-state index in [1.165, 1.54) is 6.92 Å². The average Bonchev–Trinajstić information content (AvgIpc) is 3.00. The fourth-order valence-corrected chi connectivity index (χ4v) is 2.48. The third-order valence-electron chi connectivity index (χ3n) is 3.65. The van der Waals surface area contributed by atoms with E-state index in [4.69, 9.17) is 9.47 Å². The van der Waals surface area contributed by atoms with Gasteiger partial charge in [-0.2, -0.15) is 0 Å². The van der Waals surface area contributed by atoms with Crippen molar-refractivity contribution in [3.63, 3.8) is 0 Å². The molecule has 0 saturated heterocycles. The second-order valence-electron chi connectivity index (χ2n) is 5.30. The van der Waals surface area contributed by atoms with Crippen LogP contribution in [0.4, 0.5) is 0 Å². The van der Waals surface area contributed by atoms with E-state index < -0.39 is 0 Å². The Morgan fingerprint density at radius 1 is 1.17 bits per heavy atom. The number of carbonyl (C=O) groups excluding carboxylic acids is 1. The number of aromatic nitrogens is 3. The number of fused-ring (bicyclic) bond motifs is 1. The van der Waals surface area contributed by atoms with Gasteiger partial charge in [-0.3, -0.25) is 4.79 Å². The molecular formula is C17H18N4O3. The van der Waals surface area contributed by atoms with Crippen LogP contribution in [-0.2, 0) is 11.3 Å². The van der Waals surface area contributed by atoms with Gasteiger partial charge in [-0.15, -0.1) is 10.2 Å². The van der Waals surface area contributed by atoms with Gasteiger partial charge in [-0.05, 0) is 24.3 Å². The van der Waals surface area contributed by atoms with Gasteiger partial charge in [0.25, 0.3) is 0 Å². The molecule has 3 rings (SSSR count). The largest absolute Gasteiger partial charge is 0.496 e. The summed E-state index contributed by atoms with van der Waals surface area (Å²) in [5.41, 5.74) is 3.37. The van der Waals surface area contributed by atoms with Gasteiger partial charge in [-0.25, -0.2) is 0 Å². The molecule has 7 nitrogen and oxygen atoms in total. The predicted octanol–water partition coefficient (Wildman–Crippen LogP) is 2.28. The fraction of sp³-hybridized carbons (Fsp3) is 0.235. The molecule has 0 saturated carbocycles. The zero-order valence-electron chi connectivity index (χ0n) is 13.7. The van der Waals surface area contributed by atoms with E-state index in [9.17, 15) is 4.79 Å². The van der Waals surface area contributed by atoms with Crippen molar-refractivity contribution in [1.82, 2.24) is 20.5 Å². The first-order chi connectivity index (χ1) is 11.6. The lowest BCUT2D eigenvalue weighted by Gasteiger charge is -2.08. The molecule has 0 aliphatic rings. The van der Waals surface area contributed by atoms with Crippen molar-refractivity contribution >= 4 is 16.8 Å². The molecule has 7 heteroatoms. The summed E-state index contributed by atoms with van der Waals surface area (Å²) >= 11 is 0. The number of ether oxygens (including phenoxy) is 2. The van der Waals surface area contributed by atoms with Crippen molar-refractivity contribution in [2.24, 2.45) is 0 Å². The SMILES string of the molecule is COc1ccc(-c2cc3[nH]c(CNC(C)=O)cc3cc2OC)nn1. The van der Waals surface area contributed by atoms with E-state index >= 15 is 0 Å². The molecule has 0 aliphatic carbocycles. The van der Waals surface area contributed by atoms with E-state index in [1.54, 1.807) is 20.3 Å². The molecular weight excluding hydrogens is 308 g/mol. The van der Waals surface area contributed by atoms with Crippen LogP contribution in [0.5, 0.6) is 11.6 Å². The average molecular weight is 326 g/mol. The van der Waals surface area contributed by atoms with Crippen LogP contribution in [0.15, 0.2) is 30.3 Å². The monoisotopic (exact) mass is 326 g/mol. The van der Waals surface area contributed by atoms with Crippen LogP contribution < -0.4 is 14.8 Å². The van der Waals surface area contributed by atoms with Crippen molar-refractivity contribution in [1.29, 1.82) is 0 Å². The van der Waals surface area contributed by atoms with Crippen molar-refractivity contribution in [3.8, 4) is 22.9 Å². The second kappa shape index (κ2) is 6.57. The van der Waals surface area contributed by atoms with Gasteiger partial charge in [0.1, 0.15) is 5.75 Å². The topological polar surface area (TPSA) is 89.1 Å². The van der Waals surface area contributed by atoms with Crippen LogP contribution in [0, 0.1) is 0 Å². The quantitative estimate of drug-likeness (QED) is 0.751.